The third-order valence-corrected chi connectivity index (χ3v) is 3.31. The topological polar surface area (TPSA) is 52.3 Å². The number of ether oxygens (including phenoxy) is 1. The zero-order valence-corrected chi connectivity index (χ0v) is 12.4. The largest absolute Gasteiger partial charge is 0.494 e. The first kappa shape index (κ1) is 14.5. The molecule has 0 bridgehead atoms. The average Bonchev–Trinajstić information content (AvgIpc) is 2.40. The summed E-state index contributed by atoms with van der Waals surface area (Å²) in [5, 5.41) is 0. The highest BCUT2D eigenvalue weighted by atomic mass is 79.9. The highest BCUT2D eigenvalue weighted by Gasteiger charge is 2.14. The van der Waals surface area contributed by atoms with Crippen molar-refractivity contribution >= 4 is 27.4 Å². The van der Waals surface area contributed by atoms with Crippen molar-refractivity contribution < 1.29 is 13.9 Å². The van der Waals surface area contributed by atoms with Crippen LogP contribution in [0.3, 0.4) is 0 Å². The van der Waals surface area contributed by atoms with Gasteiger partial charge in [0, 0.05) is 22.1 Å². The molecule has 0 spiro atoms. The fourth-order valence-electron chi connectivity index (χ4n) is 1.90. The lowest BCUT2D eigenvalue weighted by Crippen LogP contribution is -2.06. The van der Waals surface area contributed by atoms with Crippen LogP contribution in [0.15, 0.2) is 40.9 Å². The summed E-state index contributed by atoms with van der Waals surface area (Å²) in [6.45, 7) is 0. The maximum Gasteiger partial charge on any atom is 0.168 e. The molecule has 20 heavy (non-hydrogen) atoms. The van der Waals surface area contributed by atoms with Crippen molar-refractivity contribution in [1.29, 1.82) is 0 Å². The molecule has 0 saturated heterocycles. The van der Waals surface area contributed by atoms with E-state index in [0.717, 1.165) is 0 Å². The zero-order valence-electron chi connectivity index (χ0n) is 10.8. The smallest absolute Gasteiger partial charge is 0.168 e. The number of methoxy groups -OCH3 is 1. The predicted octanol–water partition coefficient (Wildman–Crippen LogP) is 3.60. The van der Waals surface area contributed by atoms with Gasteiger partial charge < -0.3 is 10.5 Å². The molecule has 3 nitrogen and oxygen atoms in total. The molecule has 0 saturated carbocycles. The van der Waals surface area contributed by atoms with Gasteiger partial charge >= 0.3 is 0 Å². The Morgan fingerprint density at radius 1 is 1.35 bits per heavy atom. The second-order valence-electron chi connectivity index (χ2n) is 4.31. The molecule has 0 amide bonds. The van der Waals surface area contributed by atoms with Gasteiger partial charge in [-0.1, -0.05) is 28.1 Å². The van der Waals surface area contributed by atoms with Crippen molar-refractivity contribution in [2.75, 3.05) is 12.8 Å². The first-order valence-corrected chi connectivity index (χ1v) is 6.71. The van der Waals surface area contributed by atoms with Crippen molar-refractivity contribution in [3.05, 3.63) is 57.8 Å². The molecule has 2 aromatic carbocycles. The molecule has 0 fully saturated rings. The maximum atomic E-state index is 14.0. The van der Waals surface area contributed by atoms with Crippen LogP contribution < -0.4 is 10.5 Å². The van der Waals surface area contributed by atoms with Crippen LogP contribution in [-0.4, -0.2) is 12.9 Å². The van der Waals surface area contributed by atoms with Crippen LogP contribution in [0.2, 0.25) is 0 Å². The van der Waals surface area contributed by atoms with Gasteiger partial charge in [0.15, 0.2) is 17.3 Å². The number of hydrogen-bond donors (Lipinski definition) is 1. The normalized spacial score (nSPS) is 10.3. The van der Waals surface area contributed by atoms with Crippen LogP contribution >= 0.6 is 15.9 Å². The van der Waals surface area contributed by atoms with E-state index in [1.807, 2.05) is 0 Å². The first-order chi connectivity index (χ1) is 9.51. The molecule has 104 valence electrons. The number of carbonyl (C=O) groups excluding carboxylic acids is 1. The lowest BCUT2D eigenvalue weighted by molar-refractivity contribution is 0.0991. The Kier molecular flexibility index (Phi) is 4.39. The molecule has 0 aliphatic rings. The molecule has 5 heteroatoms. The standard InChI is InChI=1S/C15H13BrFNO2/c1-20-14-4-2-3-9(15(14)17)7-13(19)10-5-11(16)8-12(18)6-10/h2-6,8H,7,18H2,1H3. The number of rotatable bonds is 4. The van der Waals surface area contributed by atoms with E-state index >= 15 is 0 Å². The van der Waals surface area contributed by atoms with Crippen molar-refractivity contribution in [2.45, 2.75) is 6.42 Å². The van der Waals surface area contributed by atoms with Gasteiger partial charge in [0.1, 0.15) is 0 Å². The highest BCUT2D eigenvalue weighted by Crippen LogP contribution is 2.23. The van der Waals surface area contributed by atoms with E-state index in [1.165, 1.54) is 13.2 Å². The van der Waals surface area contributed by atoms with Gasteiger partial charge in [-0.05, 0) is 29.8 Å². The molecular formula is C15H13BrFNO2. The number of anilines is 1. The first-order valence-electron chi connectivity index (χ1n) is 5.92. The van der Waals surface area contributed by atoms with Crippen LogP contribution in [-0.2, 0) is 6.42 Å². The molecular weight excluding hydrogens is 325 g/mol. The summed E-state index contributed by atoms with van der Waals surface area (Å²) in [5.41, 5.74) is 6.91. The number of hydrogen-bond acceptors (Lipinski definition) is 3. The quantitative estimate of drug-likeness (QED) is 0.685. The van der Waals surface area contributed by atoms with Crippen molar-refractivity contribution in [1.82, 2.24) is 0 Å². The summed E-state index contributed by atoms with van der Waals surface area (Å²) in [7, 11) is 1.39. The summed E-state index contributed by atoms with van der Waals surface area (Å²) >= 11 is 3.28. The van der Waals surface area contributed by atoms with Crippen LogP contribution in [0.1, 0.15) is 15.9 Å². The Morgan fingerprint density at radius 2 is 2.10 bits per heavy atom. The minimum absolute atomic E-state index is 0.0427. The van der Waals surface area contributed by atoms with Crippen molar-refractivity contribution in [3.8, 4) is 5.75 Å². The number of Topliss-reactive ketones (excluding diaryl/α,β-unsaturated/α-hetero) is 1. The van der Waals surface area contributed by atoms with Crippen LogP contribution in [0.4, 0.5) is 10.1 Å². The van der Waals surface area contributed by atoms with Crippen LogP contribution in [0.25, 0.3) is 0 Å². The van der Waals surface area contributed by atoms with E-state index in [0.29, 0.717) is 21.3 Å². The van der Waals surface area contributed by atoms with E-state index in [4.69, 9.17) is 10.5 Å². The molecule has 0 heterocycles. The molecule has 2 rings (SSSR count). The number of carbonyl (C=O) groups is 1. The molecule has 0 aromatic heterocycles. The Hall–Kier alpha value is -1.88. The summed E-state index contributed by atoms with van der Waals surface area (Å²) in [6, 6.07) is 9.67. The Morgan fingerprint density at radius 3 is 2.75 bits per heavy atom. The van der Waals surface area contributed by atoms with Crippen molar-refractivity contribution in [2.24, 2.45) is 0 Å². The Bertz CT molecular complexity index is 638. The van der Waals surface area contributed by atoms with Gasteiger partial charge in [-0.3, -0.25) is 4.79 Å². The Balaban J connectivity index is 2.28. The highest BCUT2D eigenvalue weighted by molar-refractivity contribution is 9.10. The van der Waals surface area contributed by atoms with Crippen LogP contribution in [0.5, 0.6) is 5.75 Å². The molecule has 0 aliphatic carbocycles. The van der Waals surface area contributed by atoms with Crippen LogP contribution in [0, 0.1) is 5.82 Å². The van der Waals surface area contributed by atoms with E-state index < -0.39 is 5.82 Å². The number of benzene rings is 2. The fraction of sp³-hybridized carbons (Fsp3) is 0.133. The third kappa shape index (κ3) is 3.17. The lowest BCUT2D eigenvalue weighted by atomic mass is 10.0. The monoisotopic (exact) mass is 337 g/mol. The van der Waals surface area contributed by atoms with E-state index in [-0.39, 0.29) is 18.0 Å². The average molecular weight is 338 g/mol. The summed E-state index contributed by atoms with van der Waals surface area (Å²) in [5.74, 6) is -0.583. The lowest BCUT2D eigenvalue weighted by Gasteiger charge is -2.07. The Labute approximate surface area is 124 Å². The summed E-state index contributed by atoms with van der Waals surface area (Å²) in [4.78, 5) is 12.2. The van der Waals surface area contributed by atoms with E-state index in [1.54, 1.807) is 30.3 Å². The van der Waals surface area contributed by atoms with E-state index in [9.17, 15) is 9.18 Å². The third-order valence-electron chi connectivity index (χ3n) is 2.86. The van der Waals surface area contributed by atoms with Gasteiger partial charge in [0.05, 0.1) is 7.11 Å². The molecule has 0 aliphatic heterocycles. The minimum atomic E-state index is -0.508. The van der Waals surface area contributed by atoms with Gasteiger partial charge in [-0.2, -0.15) is 0 Å². The fourth-order valence-corrected chi connectivity index (χ4v) is 2.41. The number of halogens is 2. The molecule has 0 radical (unpaired) electrons. The van der Waals surface area contributed by atoms with Gasteiger partial charge in [-0.15, -0.1) is 0 Å². The van der Waals surface area contributed by atoms with Gasteiger partial charge in [0.2, 0.25) is 0 Å². The minimum Gasteiger partial charge on any atom is -0.494 e. The maximum absolute atomic E-state index is 14.0. The SMILES string of the molecule is COc1cccc(CC(=O)c2cc(N)cc(Br)c2)c1F. The molecule has 0 atom stereocenters. The number of ketones is 1. The molecule has 0 unspecified atom stereocenters. The molecule has 2 N–H and O–H groups in total. The van der Waals surface area contributed by atoms with E-state index in [2.05, 4.69) is 15.9 Å². The van der Waals surface area contributed by atoms with Gasteiger partial charge in [0.25, 0.3) is 0 Å². The van der Waals surface area contributed by atoms with Crippen molar-refractivity contribution in [3.63, 3.8) is 0 Å². The number of nitrogens with two attached hydrogens (primary N) is 1. The predicted molar refractivity (Wildman–Crippen MR) is 79.5 cm³/mol. The van der Waals surface area contributed by atoms with Gasteiger partial charge in [-0.25, -0.2) is 4.39 Å². The summed E-state index contributed by atoms with van der Waals surface area (Å²) < 4.78 is 19.6. The zero-order chi connectivity index (χ0) is 14.7. The second-order valence-corrected chi connectivity index (χ2v) is 5.22. The molecule has 2 aromatic rings. The summed E-state index contributed by atoms with van der Waals surface area (Å²) in [6.07, 6.45) is -0.0427. The second kappa shape index (κ2) is 6.05. The number of nitrogen functional groups attached to an aromatic ring is 1.